The highest BCUT2D eigenvalue weighted by molar-refractivity contribution is 5.42. The maximum absolute atomic E-state index is 6.07. The topological polar surface area (TPSA) is 21.3 Å². The SMILES string of the molecule is CCCC1CC1NC1c2ccccc2OC1(C)C. The van der Waals surface area contributed by atoms with Crippen LogP contribution in [0.3, 0.4) is 0 Å². The van der Waals surface area contributed by atoms with E-state index in [9.17, 15) is 0 Å². The van der Waals surface area contributed by atoms with E-state index in [1.165, 1.54) is 24.8 Å². The van der Waals surface area contributed by atoms with Crippen LogP contribution in [0.25, 0.3) is 0 Å². The number of benzene rings is 1. The van der Waals surface area contributed by atoms with Crippen LogP contribution in [0.5, 0.6) is 5.75 Å². The fraction of sp³-hybridized carbons (Fsp3) is 0.625. The highest BCUT2D eigenvalue weighted by Gasteiger charge is 2.46. The van der Waals surface area contributed by atoms with Crippen molar-refractivity contribution in [3.63, 3.8) is 0 Å². The third kappa shape index (κ3) is 2.03. The highest BCUT2D eigenvalue weighted by atomic mass is 16.5. The van der Waals surface area contributed by atoms with Gasteiger partial charge in [-0.05, 0) is 38.7 Å². The number of nitrogens with one attached hydrogen (secondary N) is 1. The smallest absolute Gasteiger partial charge is 0.125 e. The second kappa shape index (κ2) is 4.27. The normalized spacial score (nSPS) is 31.8. The van der Waals surface area contributed by atoms with E-state index in [1.54, 1.807) is 0 Å². The van der Waals surface area contributed by atoms with Gasteiger partial charge < -0.3 is 10.1 Å². The van der Waals surface area contributed by atoms with E-state index >= 15 is 0 Å². The van der Waals surface area contributed by atoms with Crippen molar-refractivity contribution in [3.8, 4) is 5.75 Å². The van der Waals surface area contributed by atoms with Crippen LogP contribution in [0.15, 0.2) is 24.3 Å². The van der Waals surface area contributed by atoms with Gasteiger partial charge >= 0.3 is 0 Å². The minimum Gasteiger partial charge on any atom is -0.486 e. The first-order valence-corrected chi connectivity index (χ1v) is 7.16. The lowest BCUT2D eigenvalue weighted by atomic mass is 9.94. The van der Waals surface area contributed by atoms with Gasteiger partial charge in [-0.1, -0.05) is 31.5 Å². The number of rotatable bonds is 4. The lowest BCUT2D eigenvalue weighted by molar-refractivity contribution is 0.0950. The van der Waals surface area contributed by atoms with Gasteiger partial charge in [0.1, 0.15) is 11.4 Å². The van der Waals surface area contributed by atoms with Gasteiger partial charge in [0.15, 0.2) is 0 Å². The molecule has 1 aliphatic heterocycles. The molecule has 3 unspecified atom stereocenters. The average molecular weight is 245 g/mol. The molecule has 2 nitrogen and oxygen atoms in total. The molecule has 0 bridgehead atoms. The molecular formula is C16H23NO. The molecule has 0 radical (unpaired) electrons. The molecule has 2 aliphatic rings. The molecular weight excluding hydrogens is 222 g/mol. The zero-order valence-corrected chi connectivity index (χ0v) is 11.6. The zero-order valence-electron chi connectivity index (χ0n) is 11.6. The van der Waals surface area contributed by atoms with Gasteiger partial charge in [0, 0.05) is 11.6 Å². The van der Waals surface area contributed by atoms with Crippen molar-refractivity contribution in [3.05, 3.63) is 29.8 Å². The Balaban J connectivity index is 1.75. The van der Waals surface area contributed by atoms with Crippen molar-refractivity contribution in [2.24, 2.45) is 5.92 Å². The maximum atomic E-state index is 6.07. The van der Waals surface area contributed by atoms with Crippen LogP contribution in [-0.4, -0.2) is 11.6 Å². The van der Waals surface area contributed by atoms with Gasteiger partial charge in [-0.2, -0.15) is 0 Å². The Morgan fingerprint density at radius 1 is 1.33 bits per heavy atom. The van der Waals surface area contributed by atoms with E-state index in [4.69, 9.17) is 4.74 Å². The second-order valence-electron chi connectivity index (χ2n) is 6.23. The molecule has 1 aromatic carbocycles. The summed E-state index contributed by atoms with van der Waals surface area (Å²) in [5.74, 6) is 1.94. The lowest BCUT2D eigenvalue weighted by Crippen LogP contribution is -2.40. The number of hydrogen-bond donors (Lipinski definition) is 1. The van der Waals surface area contributed by atoms with Crippen molar-refractivity contribution in [2.45, 2.75) is 57.7 Å². The predicted octanol–water partition coefficient (Wildman–Crippen LogP) is 3.68. The fourth-order valence-corrected chi connectivity index (χ4v) is 3.17. The summed E-state index contributed by atoms with van der Waals surface area (Å²) in [4.78, 5) is 0. The Morgan fingerprint density at radius 3 is 2.89 bits per heavy atom. The van der Waals surface area contributed by atoms with E-state index in [-0.39, 0.29) is 5.60 Å². The Hall–Kier alpha value is -1.02. The first-order chi connectivity index (χ1) is 8.62. The van der Waals surface area contributed by atoms with E-state index in [0.717, 1.165) is 11.7 Å². The number of ether oxygens (including phenoxy) is 1. The van der Waals surface area contributed by atoms with Crippen LogP contribution in [0.1, 0.15) is 51.6 Å². The largest absolute Gasteiger partial charge is 0.486 e. The van der Waals surface area contributed by atoms with Gasteiger partial charge in [-0.3, -0.25) is 0 Å². The Bertz CT molecular complexity index is 440. The average Bonchev–Trinajstić information content (AvgIpc) is 2.99. The molecule has 0 saturated heterocycles. The van der Waals surface area contributed by atoms with Gasteiger partial charge in [0.05, 0.1) is 6.04 Å². The van der Waals surface area contributed by atoms with Crippen LogP contribution >= 0.6 is 0 Å². The summed E-state index contributed by atoms with van der Waals surface area (Å²) < 4.78 is 6.07. The lowest BCUT2D eigenvalue weighted by Gasteiger charge is -2.27. The molecule has 1 heterocycles. The van der Waals surface area contributed by atoms with Crippen LogP contribution in [0, 0.1) is 5.92 Å². The summed E-state index contributed by atoms with van der Waals surface area (Å²) in [6.07, 6.45) is 3.99. The van der Waals surface area contributed by atoms with E-state index in [0.29, 0.717) is 12.1 Å². The van der Waals surface area contributed by atoms with Gasteiger partial charge in [-0.25, -0.2) is 0 Å². The minimum absolute atomic E-state index is 0.136. The molecule has 0 amide bonds. The van der Waals surface area contributed by atoms with Crippen LogP contribution in [0.4, 0.5) is 0 Å². The van der Waals surface area contributed by atoms with Gasteiger partial charge in [-0.15, -0.1) is 0 Å². The van der Waals surface area contributed by atoms with Crippen LogP contribution < -0.4 is 10.1 Å². The molecule has 18 heavy (non-hydrogen) atoms. The van der Waals surface area contributed by atoms with E-state index in [1.807, 2.05) is 6.07 Å². The minimum atomic E-state index is -0.136. The molecule has 1 saturated carbocycles. The Kier molecular flexibility index (Phi) is 2.86. The van der Waals surface area contributed by atoms with Gasteiger partial charge in [0.25, 0.3) is 0 Å². The first-order valence-electron chi connectivity index (χ1n) is 7.16. The van der Waals surface area contributed by atoms with Crippen molar-refractivity contribution in [2.75, 3.05) is 0 Å². The first kappa shape index (κ1) is 12.0. The summed E-state index contributed by atoms with van der Waals surface area (Å²) in [5, 5.41) is 3.81. The number of para-hydroxylation sites is 1. The Morgan fingerprint density at radius 2 is 2.11 bits per heavy atom. The summed E-state index contributed by atoms with van der Waals surface area (Å²) >= 11 is 0. The fourth-order valence-electron chi connectivity index (χ4n) is 3.17. The molecule has 1 aromatic rings. The monoisotopic (exact) mass is 245 g/mol. The molecule has 2 heteroatoms. The third-order valence-corrected chi connectivity index (χ3v) is 4.26. The molecule has 0 aromatic heterocycles. The molecule has 1 N–H and O–H groups in total. The summed E-state index contributed by atoms with van der Waals surface area (Å²) in [5.41, 5.74) is 1.19. The number of hydrogen-bond acceptors (Lipinski definition) is 2. The second-order valence-corrected chi connectivity index (χ2v) is 6.23. The quantitative estimate of drug-likeness (QED) is 0.873. The molecule has 3 rings (SSSR count). The maximum Gasteiger partial charge on any atom is 0.125 e. The highest BCUT2D eigenvalue weighted by Crippen LogP contribution is 2.46. The molecule has 1 fully saturated rings. The van der Waals surface area contributed by atoms with Crippen LogP contribution in [-0.2, 0) is 0 Å². The summed E-state index contributed by atoms with van der Waals surface area (Å²) in [7, 11) is 0. The van der Waals surface area contributed by atoms with Gasteiger partial charge in [0.2, 0.25) is 0 Å². The zero-order chi connectivity index (χ0) is 12.8. The van der Waals surface area contributed by atoms with Crippen molar-refractivity contribution in [1.29, 1.82) is 0 Å². The molecule has 0 spiro atoms. The van der Waals surface area contributed by atoms with E-state index in [2.05, 4.69) is 44.3 Å². The molecule has 1 aliphatic carbocycles. The van der Waals surface area contributed by atoms with E-state index < -0.39 is 0 Å². The molecule has 98 valence electrons. The van der Waals surface area contributed by atoms with Crippen molar-refractivity contribution >= 4 is 0 Å². The van der Waals surface area contributed by atoms with Crippen molar-refractivity contribution in [1.82, 2.24) is 5.32 Å². The van der Waals surface area contributed by atoms with Crippen molar-refractivity contribution < 1.29 is 4.74 Å². The Labute approximate surface area is 110 Å². The summed E-state index contributed by atoms with van der Waals surface area (Å²) in [6.45, 7) is 6.64. The third-order valence-electron chi connectivity index (χ3n) is 4.26. The summed E-state index contributed by atoms with van der Waals surface area (Å²) in [6, 6.07) is 9.46. The predicted molar refractivity (Wildman–Crippen MR) is 73.8 cm³/mol. The molecule has 3 atom stereocenters. The number of fused-ring (bicyclic) bond motifs is 1. The standard InChI is InChI=1S/C16H23NO/c1-4-7-11-10-13(11)17-15-12-8-5-6-9-14(12)18-16(15,2)3/h5-6,8-9,11,13,15,17H,4,7,10H2,1-3H3. The van der Waals surface area contributed by atoms with Crippen LogP contribution in [0.2, 0.25) is 0 Å².